The highest BCUT2D eigenvalue weighted by molar-refractivity contribution is 6.33. The van der Waals surface area contributed by atoms with Gasteiger partial charge in [0.15, 0.2) is 12.3 Å². The molecule has 0 saturated carbocycles. The number of aliphatic hydroxyl groups is 1. The van der Waals surface area contributed by atoms with Gasteiger partial charge >= 0.3 is 0 Å². The van der Waals surface area contributed by atoms with Crippen molar-refractivity contribution in [3.63, 3.8) is 0 Å². The fraction of sp³-hybridized carbons (Fsp3) is 0.370. The smallest absolute Gasteiger partial charge is 0.263 e. The van der Waals surface area contributed by atoms with Gasteiger partial charge in [0, 0.05) is 43.9 Å². The zero-order valence-corrected chi connectivity index (χ0v) is 22.8. The molecule has 0 spiro atoms. The van der Waals surface area contributed by atoms with Crippen LogP contribution in [0.3, 0.4) is 0 Å². The molecule has 2 amide bonds. The van der Waals surface area contributed by atoms with Gasteiger partial charge in [0.2, 0.25) is 11.9 Å². The van der Waals surface area contributed by atoms with Crippen LogP contribution in [0.4, 0.5) is 24.7 Å². The van der Waals surface area contributed by atoms with Crippen molar-refractivity contribution in [1.29, 1.82) is 0 Å². The van der Waals surface area contributed by atoms with E-state index in [0.29, 0.717) is 44.1 Å². The van der Waals surface area contributed by atoms with Crippen molar-refractivity contribution in [3.8, 4) is 0 Å². The van der Waals surface area contributed by atoms with Gasteiger partial charge < -0.3 is 25.6 Å². The minimum Gasteiger partial charge on any atom is -0.508 e. The number of primary amides is 1. The van der Waals surface area contributed by atoms with Gasteiger partial charge in [-0.15, -0.1) is 0 Å². The maximum Gasteiger partial charge on any atom is 0.263 e. The summed E-state index contributed by atoms with van der Waals surface area (Å²) < 4.78 is 47.3. The SMILES string of the molecule is NC(=O)C1=C(O)C(F)C(F)C(c2cn(CC(=O)Nc3cc(N4CCCC4)nc(F)c3Cl)c3nc4n(c(=O)c23)CCC4)=C1. The molecule has 42 heavy (non-hydrogen) atoms. The second kappa shape index (κ2) is 10.5. The third-order valence-electron chi connectivity index (χ3n) is 7.73. The second-order valence-electron chi connectivity index (χ2n) is 10.4. The monoisotopic (exact) mass is 603 g/mol. The Labute approximate surface area is 241 Å². The number of hydrogen-bond donors (Lipinski definition) is 3. The second-order valence-corrected chi connectivity index (χ2v) is 10.8. The predicted molar refractivity (Wildman–Crippen MR) is 148 cm³/mol. The molecule has 0 radical (unpaired) electrons. The first kappa shape index (κ1) is 27.8. The number of carbonyl (C=O) groups is 2. The molecule has 4 N–H and O–H groups in total. The van der Waals surface area contributed by atoms with E-state index in [0.717, 1.165) is 18.9 Å². The molecule has 11 nitrogen and oxygen atoms in total. The summed E-state index contributed by atoms with van der Waals surface area (Å²) in [4.78, 5) is 48.9. The fourth-order valence-corrected chi connectivity index (χ4v) is 5.82. The lowest BCUT2D eigenvalue weighted by Crippen LogP contribution is -2.30. The van der Waals surface area contributed by atoms with Crippen molar-refractivity contribution in [3.05, 3.63) is 62.4 Å². The number of alkyl halides is 2. The first-order valence-electron chi connectivity index (χ1n) is 13.3. The van der Waals surface area contributed by atoms with E-state index in [1.54, 1.807) is 0 Å². The van der Waals surface area contributed by atoms with E-state index < -0.39 is 59.1 Å². The molecule has 1 saturated heterocycles. The van der Waals surface area contributed by atoms with Crippen molar-refractivity contribution < 1.29 is 27.9 Å². The number of hydrogen-bond acceptors (Lipinski definition) is 7. The molecule has 3 aromatic rings. The van der Waals surface area contributed by atoms with Gasteiger partial charge in [-0.1, -0.05) is 11.6 Å². The maximum absolute atomic E-state index is 15.3. The van der Waals surface area contributed by atoms with Gasteiger partial charge in [-0.05, 0) is 30.9 Å². The number of rotatable bonds is 6. The topological polar surface area (TPSA) is 148 Å². The highest BCUT2D eigenvalue weighted by Gasteiger charge is 2.38. The number of aromatic nitrogens is 4. The summed E-state index contributed by atoms with van der Waals surface area (Å²) in [5.41, 5.74) is 3.61. The summed E-state index contributed by atoms with van der Waals surface area (Å²) in [7, 11) is 0. The Morgan fingerprint density at radius 3 is 2.60 bits per heavy atom. The molecule has 2 aliphatic heterocycles. The summed E-state index contributed by atoms with van der Waals surface area (Å²) in [6.07, 6.45) is 0.0752. The van der Waals surface area contributed by atoms with Crippen LogP contribution in [0.15, 0.2) is 34.5 Å². The van der Waals surface area contributed by atoms with Crippen LogP contribution in [-0.2, 0) is 29.1 Å². The van der Waals surface area contributed by atoms with Crippen LogP contribution in [0.5, 0.6) is 0 Å². The van der Waals surface area contributed by atoms with Crippen molar-refractivity contribution in [2.45, 2.75) is 51.1 Å². The van der Waals surface area contributed by atoms with Crippen molar-refractivity contribution >= 4 is 51.5 Å². The van der Waals surface area contributed by atoms with Gasteiger partial charge in [0.05, 0.1) is 16.6 Å². The molecule has 220 valence electrons. The molecule has 2 atom stereocenters. The van der Waals surface area contributed by atoms with Crippen LogP contribution < -0.4 is 21.5 Å². The summed E-state index contributed by atoms with van der Waals surface area (Å²) in [6.45, 7) is 1.27. The molecular formula is C27H25ClF3N7O4. The average molecular weight is 604 g/mol. The van der Waals surface area contributed by atoms with Gasteiger partial charge in [0.25, 0.3) is 11.5 Å². The Balaban J connectivity index is 1.42. The predicted octanol–water partition coefficient (Wildman–Crippen LogP) is 2.94. The lowest BCUT2D eigenvalue weighted by atomic mass is 9.89. The van der Waals surface area contributed by atoms with E-state index >= 15 is 4.39 Å². The summed E-state index contributed by atoms with van der Waals surface area (Å²) in [6, 6.07) is 1.47. The number of halogens is 4. The van der Waals surface area contributed by atoms with Crippen LogP contribution in [0.25, 0.3) is 16.6 Å². The number of fused-ring (bicyclic) bond motifs is 2. The normalized spacial score (nSPS) is 20.3. The zero-order valence-electron chi connectivity index (χ0n) is 22.0. The molecule has 2 unspecified atom stereocenters. The van der Waals surface area contributed by atoms with Gasteiger partial charge in [-0.3, -0.25) is 19.0 Å². The van der Waals surface area contributed by atoms with Crippen LogP contribution in [-0.4, -0.2) is 61.5 Å². The van der Waals surface area contributed by atoms with Crippen molar-refractivity contribution in [1.82, 2.24) is 19.1 Å². The minimum absolute atomic E-state index is 0.00698. The molecule has 0 aromatic carbocycles. The molecule has 1 fully saturated rings. The lowest BCUT2D eigenvalue weighted by molar-refractivity contribution is -0.117. The number of aliphatic hydroxyl groups excluding tert-OH is 1. The van der Waals surface area contributed by atoms with E-state index in [1.807, 2.05) is 4.90 Å². The highest BCUT2D eigenvalue weighted by Crippen LogP contribution is 2.37. The Kier molecular flexibility index (Phi) is 6.95. The largest absolute Gasteiger partial charge is 0.508 e. The highest BCUT2D eigenvalue weighted by atomic mass is 35.5. The standard InChI is InChI=1S/C27H25ClF3N7O4/c28-20-15(9-17(34-24(20)31)36-5-1-2-6-36)33-18(39)11-37-10-14(12-8-13(25(32)41)23(40)22(30)21(12)29)19-26(37)35-16-4-3-7-38(16)27(19)42/h8-10,21-22,40H,1-7,11H2,(H2,32,41)(H,33,34,39). The minimum atomic E-state index is -2.60. The number of aryl methyl sites for hydroxylation is 1. The van der Waals surface area contributed by atoms with E-state index in [-0.39, 0.29) is 27.3 Å². The van der Waals surface area contributed by atoms with E-state index in [2.05, 4.69) is 15.3 Å². The number of pyridine rings is 1. The Bertz CT molecular complexity index is 1780. The molecule has 5 heterocycles. The number of nitrogens with two attached hydrogens (primary N) is 1. The first-order chi connectivity index (χ1) is 20.0. The van der Waals surface area contributed by atoms with Crippen molar-refractivity contribution in [2.24, 2.45) is 5.73 Å². The summed E-state index contributed by atoms with van der Waals surface area (Å²) in [5.74, 6) is -3.17. The lowest BCUT2D eigenvalue weighted by Gasteiger charge is -2.22. The van der Waals surface area contributed by atoms with Crippen LogP contribution >= 0.6 is 11.6 Å². The van der Waals surface area contributed by atoms with Gasteiger partial charge in [-0.2, -0.15) is 4.39 Å². The quantitative estimate of drug-likeness (QED) is 0.367. The summed E-state index contributed by atoms with van der Waals surface area (Å²) >= 11 is 6.10. The Morgan fingerprint density at radius 1 is 1.14 bits per heavy atom. The zero-order chi connectivity index (χ0) is 29.9. The van der Waals surface area contributed by atoms with Crippen LogP contribution in [0.1, 0.15) is 30.7 Å². The fourth-order valence-electron chi connectivity index (χ4n) is 5.67. The molecular weight excluding hydrogens is 579 g/mol. The van der Waals surface area contributed by atoms with E-state index in [4.69, 9.17) is 17.3 Å². The third kappa shape index (κ3) is 4.59. The van der Waals surface area contributed by atoms with E-state index in [9.17, 15) is 28.3 Å². The van der Waals surface area contributed by atoms with Crippen molar-refractivity contribution in [2.75, 3.05) is 23.3 Å². The third-order valence-corrected chi connectivity index (χ3v) is 8.09. The molecule has 1 aliphatic carbocycles. The number of nitrogens with zero attached hydrogens (tertiary/aromatic N) is 5. The molecule has 6 rings (SSSR count). The Morgan fingerprint density at radius 2 is 1.88 bits per heavy atom. The van der Waals surface area contributed by atoms with Gasteiger partial charge in [-0.25, -0.2) is 18.7 Å². The number of nitrogens with one attached hydrogen (secondary N) is 1. The average Bonchev–Trinajstić information content (AvgIpc) is 3.71. The molecule has 3 aromatic heterocycles. The van der Waals surface area contributed by atoms with E-state index in [1.165, 1.54) is 21.4 Å². The molecule has 3 aliphatic rings. The maximum atomic E-state index is 15.3. The first-order valence-corrected chi connectivity index (χ1v) is 13.7. The number of allylic oxidation sites excluding steroid dienone is 2. The van der Waals surface area contributed by atoms with Gasteiger partial charge in [0.1, 0.15) is 34.6 Å². The number of anilines is 2. The Hall–Kier alpha value is -4.33. The van der Waals surface area contributed by atoms with Crippen LogP contribution in [0, 0.1) is 5.95 Å². The number of amides is 2. The van der Waals surface area contributed by atoms with Crippen LogP contribution in [0.2, 0.25) is 5.02 Å². The molecule has 0 bridgehead atoms. The number of carbonyl (C=O) groups excluding carboxylic acids is 2. The summed E-state index contributed by atoms with van der Waals surface area (Å²) in [5, 5.41) is 12.1. The molecule has 15 heteroatoms.